The average molecular weight is 201 g/mol. The number of halogens is 1. The van der Waals surface area contributed by atoms with Gasteiger partial charge in [-0.05, 0) is 25.5 Å². The lowest BCUT2D eigenvalue weighted by atomic mass is 10.2. The van der Waals surface area contributed by atoms with Gasteiger partial charge in [0.25, 0.3) is 0 Å². The highest BCUT2D eigenvalue weighted by atomic mass is 79.9. The first-order chi connectivity index (χ1) is 4.74. The van der Waals surface area contributed by atoms with Crippen LogP contribution in [0.2, 0.25) is 0 Å². The fraction of sp³-hybridized carbons (Fsp3) is 0.429. The molecule has 1 rings (SSSR count). The Kier molecular flexibility index (Phi) is 2.38. The zero-order valence-corrected chi connectivity index (χ0v) is 7.64. The van der Waals surface area contributed by atoms with Gasteiger partial charge in [0.1, 0.15) is 0 Å². The second-order valence-corrected chi connectivity index (χ2v) is 2.80. The van der Waals surface area contributed by atoms with Crippen molar-refractivity contribution in [2.24, 2.45) is 0 Å². The summed E-state index contributed by atoms with van der Waals surface area (Å²) in [5, 5.41) is 8.71. The van der Waals surface area contributed by atoms with E-state index in [0.29, 0.717) is 0 Å². The van der Waals surface area contributed by atoms with Crippen molar-refractivity contribution in [1.82, 2.24) is 10.2 Å². The third kappa shape index (κ3) is 1.53. The van der Waals surface area contributed by atoms with Gasteiger partial charge in [-0.25, -0.2) is 0 Å². The fourth-order valence-electron chi connectivity index (χ4n) is 0.667. The van der Waals surface area contributed by atoms with Crippen LogP contribution in [0.1, 0.15) is 17.0 Å². The van der Waals surface area contributed by atoms with Gasteiger partial charge in [0.2, 0.25) is 0 Å². The van der Waals surface area contributed by atoms with Gasteiger partial charge in [-0.3, -0.25) is 0 Å². The summed E-state index contributed by atoms with van der Waals surface area (Å²) in [6.07, 6.45) is 0. The number of aryl methyl sites for hydroxylation is 2. The van der Waals surface area contributed by atoms with E-state index in [9.17, 15) is 0 Å². The number of aromatic nitrogens is 2. The Balaban J connectivity index is 3.04. The first-order valence-corrected chi connectivity index (χ1v) is 4.22. The molecule has 0 fully saturated rings. The molecule has 0 aliphatic heterocycles. The van der Waals surface area contributed by atoms with Gasteiger partial charge in [0.05, 0.1) is 11.4 Å². The lowest BCUT2D eigenvalue weighted by Crippen LogP contribution is -1.94. The van der Waals surface area contributed by atoms with Gasteiger partial charge in [-0.15, -0.1) is 0 Å². The van der Waals surface area contributed by atoms with Crippen LogP contribution in [0.15, 0.2) is 6.07 Å². The lowest BCUT2D eigenvalue weighted by Gasteiger charge is -1.97. The molecule has 1 heterocycles. The van der Waals surface area contributed by atoms with E-state index in [-0.39, 0.29) is 0 Å². The molecule has 0 saturated carbocycles. The number of hydrogen-bond acceptors (Lipinski definition) is 2. The summed E-state index contributed by atoms with van der Waals surface area (Å²) in [6.45, 7) is 4.00. The summed E-state index contributed by atoms with van der Waals surface area (Å²) < 4.78 is 0. The maximum absolute atomic E-state index is 3.97. The molecule has 0 aliphatic carbocycles. The van der Waals surface area contributed by atoms with Gasteiger partial charge < -0.3 is 0 Å². The standard InChI is InChI=1S/C7H9BrN2/c1-5-3-7(4-8)10-9-6(5)2/h3H,4H2,1-2H3. The van der Waals surface area contributed by atoms with Crippen LogP contribution < -0.4 is 0 Å². The largest absolute Gasteiger partial charge is 0.155 e. The van der Waals surface area contributed by atoms with Gasteiger partial charge in [-0.1, -0.05) is 15.9 Å². The molecule has 0 bridgehead atoms. The van der Waals surface area contributed by atoms with E-state index in [0.717, 1.165) is 16.7 Å². The smallest absolute Gasteiger partial charge is 0.0739 e. The lowest BCUT2D eigenvalue weighted by molar-refractivity contribution is 0.919. The molecule has 0 N–H and O–H groups in total. The summed E-state index contributed by atoms with van der Waals surface area (Å²) in [7, 11) is 0. The highest BCUT2D eigenvalue weighted by Crippen LogP contribution is 2.05. The summed E-state index contributed by atoms with van der Waals surface area (Å²) in [5.41, 5.74) is 3.19. The SMILES string of the molecule is Cc1cc(CBr)nnc1C. The molecule has 3 heteroatoms. The zero-order chi connectivity index (χ0) is 7.56. The number of rotatable bonds is 1. The van der Waals surface area contributed by atoms with Gasteiger partial charge in [-0.2, -0.15) is 10.2 Å². The van der Waals surface area contributed by atoms with Crippen LogP contribution in [-0.2, 0) is 5.33 Å². The molecule has 1 aromatic rings. The minimum Gasteiger partial charge on any atom is -0.155 e. The molecule has 2 nitrogen and oxygen atoms in total. The number of alkyl halides is 1. The van der Waals surface area contributed by atoms with E-state index < -0.39 is 0 Å². The van der Waals surface area contributed by atoms with E-state index in [1.165, 1.54) is 5.56 Å². The van der Waals surface area contributed by atoms with Crippen molar-refractivity contribution in [3.8, 4) is 0 Å². The first-order valence-electron chi connectivity index (χ1n) is 3.10. The summed E-state index contributed by atoms with van der Waals surface area (Å²) in [6, 6.07) is 2.04. The molecule has 0 atom stereocenters. The maximum Gasteiger partial charge on any atom is 0.0739 e. The van der Waals surface area contributed by atoms with Crippen molar-refractivity contribution in [3.05, 3.63) is 23.0 Å². The number of hydrogen-bond donors (Lipinski definition) is 0. The van der Waals surface area contributed by atoms with Crippen LogP contribution in [0.5, 0.6) is 0 Å². The quantitative estimate of drug-likeness (QED) is 0.649. The van der Waals surface area contributed by atoms with Crippen LogP contribution in [0.25, 0.3) is 0 Å². The van der Waals surface area contributed by atoms with Crippen molar-refractivity contribution in [3.63, 3.8) is 0 Å². The summed E-state index contributed by atoms with van der Waals surface area (Å²) >= 11 is 3.31. The molecule has 0 radical (unpaired) electrons. The highest BCUT2D eigenvalue weighted by Gasteiger charge is 1.96. The van der Waals surface area contributed by atoms with Crippen molar-refractivity contribution in [2.75, 3.05) is 0 Å². The number of nitrogens with zero attached hydrogens (tertiary/aromatic N) is 2. The van der Waals surface area contributed by atoms with E-state index in [2.05, 4.69) is 26.1 Å². The van der Waals surface area contributed by atoms with E-state index >= 15 is 0 Å². The molecule has 0 aromatic carbocycles. The average Bonchev–Trinajstić information content (AvgIpc) is 1.95. The maximum atomic E-state index is 3.97. The third-order valence-electron chi connectivity index (χ3n) is 1.42. The molecular weight excluding hydrogens is 192 g/mol. The van der Waals surface area contributed by atoms with Crippen LogP contribution in [-0.4, -0.2) is 10.2 Å². The van der Waals surface area contributed by atoms with Crippen molar-refractivity contribution in [1.29, 1.82) is 0 Å². The van der Waals surface area contributed by atoms with Gasteiger partial charge >= 0.3 is 0 Å². The Morgan fingerprint density at radius 3 is 2.60 bits per heavy atom. The van der Waals surface area contributed by atoms with Crippen molar-refractivity contribution >= 4 is 15.9 Å². The highest BCUT2D eigenvalue weighted by molar-refractivity contribution is 9.08. The molecule has 54 valence electrons. The van der Waals surface area contributed by atoms with Gasteiger partial charge in [0, 0.05) is 5.33 Å². The Hall–Kier alpha value is -0.440. The zero-order valence-electron chi connectivity index (χ0n) is 6.06. The molecule has 0 amide bonds. The molecule has 0 spiro atoms. The summed E-state index contributed by atoms with van der Waals surface area (Å²) in [5.74, 6) is 0. The minimum atomic E-state index is 0.779. The van der Waals surface area contributed by atoms with Crippen molar-refractivity contribution < 1.29 is 0 Å². The van der Waals surface area contributed by atoms with E-state index in [1.807, 2.05) is 19.9 Å². The Morgan fingerprint density at radius 2 is 2.10 bits per heavy atom. The molecule has 0 unspecified atom stereocenters. The minimum absolute atomic E-state index is 0.779. The normalized spacial score (nSPS) is 9.90. The Labute approximate surface area is 68.8 Å². The molecular formula is C7H9BrN2. The molecule has 10 heavy (non-hydrogen) atoms. The van der Waals surface area contributed by atoms with E-state index in [4.69, 9.17) is 0 Å². The third-order valence-corrected chi connectivity index (χ3v) is 1.99. The summed E-state index contributed by atoms with van der Waals surface area (Å²) in [4.78, 5) is 0. The van der Waals surface area contributed by atoms with Gasteiger partial charge in [0.15, 0.2) is 0 Å². The molecule has 1 aromatic heterocycles. The molecule has 0 saturated heterocycles. The second kappa shape index (κ2) is 3.10. The molecule has 0 aliphatic rings. The predicted octanol–water partition coefficient (Wildman–Crippen LogP) is 1.99. The fourth-order valence-corrected chi connectivity index (χ4v) is 0.941. The second-order valence-electron chi connectivity index (χ2n) is 2.24. The topological polar surface area (TPSA) is 25.8 Å². The Bertz CT molecular complexity index is 235. The first kappa shape index (κ1) is 7.66. The van der Waals surface area contributed by atoms with Crippen LogP contribution in [0.3, 0.4) is 0 Å². The van der Waals surface area contributed by atoms with E-state index in [1.54, 1.807) is 0 Å². The van der Waals surface area contributed by atoms with Crippen LogP contribution in [0.4, 0.5) is 0 Å². The van der Waals surface area contributed by atoms with Crippen LogP contribution in [0, 0.1) is 13.8 Å². The van der Waals surface area contributed by atoms with Crippen molar-refractivity contribution in [2.45, 2.75) is 19.2 Å². The predicted molar refractivity (Wildman–Crippen MR) is 44.1 cm³/mol. The Morgan fingerprint density at radius 1 is 1.40 bits per heavy atom. The van der Waals surface area contributed by atoms with Crippen LogP contribution >= 0.6 is 15.9 Å². The monoisotopic (exact) mass is 200 g/mol.